The molecular formula is C14H12ClN3O4S. The number of rotatable bonds is 5. The van der Waals surface area contributed by atoms with Gasteiger partial charge >= 0.3 is 0 Å². The lowest BCUT2D eigenvalue weighted by Crippen LogP contribution is -2.18. The van der Waals surface area contributed by atoms with E-state index in [4.69, 9.17) is 11.6 Å². The number of halogens is 1. The highest BCUT2D eigenvalue weighted by atomic mass is 35.5. The Morgan fingerprint density at radius 2 is 1.87 bits per heavy atom. The summed E-state index contributed by atoms with van der Waals surface area (Å²) in [4.78, 5) is 12.2. The Morgan fingerprint density at radius 3 is 2.48 bits per heavy atom. The highest BCUT2D eigenvalue weighted by Gasteiger charge is 2.12. The minimum atomic E-state index is -3.81. The lowest BCUT2D eigenvalue weighted by molar-refractivity contribution is -0.384. The van der Waals surface area contributed by atoms with Crippen LogP contribution in [-0.2, 0) is 10.0 Å². The van der Waals surface area contributed by atoms with Crippen LogP contribution in [0.5, 0.6) is 0 Å². The van der Waals surface area contributed by atoms with Crippen LogP contribution < -0.4 is 4.83 Å². The number of nitrogens with zero attached hydrogens (tertiary/aromatic N) is 2. The fourth-order valence-electron chi connectivity index (χ4n) is 1.68. The molecule has 9 heteroatoms. The maximum atomic E-state index is 12.0. The van der Waals surface area contributed by atoms with E-state index in [0.29, 0.717) is 0 Å². The van der Waals surface area contributed by atoms with Gasteiger partial charge in [0.1, 0.15) is 0 Å². The third-order valence-corrected chi connectivity index (χ3v) is 4.48. The molecule has 0 aliphatic heterocycles. The van der Waals surface area contributed by atoms with Gasteiger partial charge in [0, 0.05) is 22.7 Å². The molecule has 0 atom stereocenters. The van der Waals surface area contributed by atoms with Crippen molar-refractivity contribution in [3.8, 4) is 0 Å². The molecular weight excluding hydrogens is 342 g/mol. The van der Waals surface area contributed by atoms with Gasteiger partial charge in [0.15, 0.2) is 0 Å². The topological polar surface area (TPSA) is 102 Å². The van der Waals surface area contributed by atoms with Gasteiger partial charge in [-0.1, -0.05) is 29.3 Å². The van der Waals surface area contributed by atoms with E-state index in [-0.39, 0.29) is 21.2 Å². The molecule has 0 saturated heterocycles. The molecule has 0 heterocycles. The Labute approximate surface area is 137 Å². The predicted octanol–water partition coefficient (Wildman–Crippen LogP) is 2.87. The highest BCUT2D eigenvalue weighted by molar-refractivity contribution is 7.89. The zero-order chi connectivity index (χ0) is 17.0. The number of nitro benzene ring substituents is 1. The lowest BCUT2D eigenvalue weighted by atomic mass is 10.2. The van der Waals surface area contributed by atoms with Crippen molar-refractivity contribution in [2.75, 3.05) is 0 Å². The van der Waals surface area contributed by atoms with Crippen LogP contribution in [0.2, 0.25) is 5.02 Å². The maximum Gasteiger partial charge on any atom is 0.276 e. The number of aryl methyl sites for hydroxylation is 1. The Morgan fingerprint density at radius 1 is 1.22 bits per heavy atom. The normalized spacial score (nSPS) is 11.6. The van der Waals surface area contributed by atoms with Gasteiger partial charge in [0.2, 0.25) is 0 Å². The molecule has 0 spiro atoms. The number of non-ortho nitro benzene ring substituents is 1. The second-order valence-corrected chi connectivity index (χ2v) is 6.70. The van der Waals surface area contributed by atoms with Gasteiger partial charge in [0.05, 0.1) is 16.0 Å². The van der Waals surface area contributed by atoms with Gasteiger partial charge in [-0.25, -0.2) is 4.83 Å². The average Bonchev–Trinajstić information content (AvgIpc) is 2.49. The van der Waals surface area contributed by atoms with Crippen LogP contribution in [0, 0.1) is 17.0 Å². The summed E-state index contributed by atoms with van der Waals surface area (Å²) >= 11 is 5.89. The fraction of sp³-hybridized carbons (Fsp3) is 0.0714. The van der Waals surface area contributed by atoms with E-state index in [1.165, 1.54) is 30.3 Å². The minimum Gasteiger partial charge on any atom is -0.258 e. The molecule has 0 bridgehead atoms. The molecule has 2 aromatic carbocycles. The summed E-state index contributed by atoms with van der Waals surface area (Å²) in [5.41, 5.74) is 0.987. The molecule has 120 valence electrons. The predicted molar refractivity (Wildman–Crippen MR) is 87.2 cm³/mol. The van der Waals surface area contributed by atoms with Gasteiger partial charge in [-0.3, -0.25) is 10.1 Å². The Hall–Kier alpha value is -2.45. The molecule has 0 radical (unpaired) electrons. The van der Waals surface area contributed by atoms with E-state index in [1.807, 2.05) is 11.8 Å². The van der Waals surface area contributed by atoms with Crippen molar-refractivity contribution in [1.82, 2.24) is 4.83 Å². The largest absolute Gasteiger partial charge is 0.276 e. The summed E-state index contributed by atoms with van der Waals surface area (Å²) in [6.45, 7) is 1.84. The number of hydrogen-bond donors (Lipinski definition) is 1. The maximum absolute atomic E-state index is 12.0. The Bertz CT molecular complexity index is 864. The van der Waals surface area contributed by atoms with Gasteiger partial charge in [0.25, 0.3) is 15.7 Å². The lowest BCUT2D eigenvalue weighted by Gasteiger charge is -2.03. The SMILES string of the molecule is Cc1ccc(S(=O)(=O)N/N=C/c2cc([N+](=O)[O-])ccc2Cl)cc1. The van der Waals surface area contributed by atoms with Crippen LogP contribution in [0.1, 0.15) is 11.1 Å². The number of hydrazone groups is 1. The number of sulfonamides is 1. The van der Waals surface area contributed by atoms with Gasteiger partial charge in [-0.2, -0.15) is 13.5 Å². The molecule has 0 aliphatic carbocycles. The van der Waals surface area contributed by atoms with Crippen molar-refractivity contribution < 1.29 is 13.3 Å². The molecule has 0 amide bonds. The van der Waals surface area contributed by atoms with E-state index in [2.05, 4.69) is 5.10 Å². The first kappa shape index (κ1) is 16.9. The Balaban J connectivity index is 2.19. The van der Waals surface area contributed by atoms with Crippen LogP contribution in [0.25, 0.3) is 0 Å². The first-order valence-corrected chi connectivity index (χ1v) is 8.21. The summed E-state index contributed by atoms with van der Waals surface area (Å²) in [5, 5.41) is 14.5. The molecule has 0 fully saturated rings. The monoisotopic (exact) mass is 353 g/mol. The highest BCUT2D eigenvalue weighted by Crippen LogP contribution is 2.20. The number of hydrogen-bond acceptors (Lipinski definition) is 5. The van der Waals surface area contributed by atoms with E-state index < -0.39 is 14.9 Å². The smallest absolute Gasteiger partial charge is 0.258 e. The third-order valence-electron chi connectivity index (χ3n) is 2.90. The van der Waals surface area contributed by atoms with Crippen LogP contribution in [0.3, 0.4) is 0 Å². The van der Waals surface area contributed by atoms with E-state index in [1.54, 1.807) is 12.1 Å². The molecule has 23 heavy (non-hydrogen) atoms. The van der Waals surface area contributed by atoms with Crippen molar-refractivity contribution >= 4 is 33.5 Å². The zero-order valence-electron chi connectivity index (χ0n) is 11.9. The van der Waals surface area contributed by atoms with E-state index in [9.17, 15) is 18.5 Å². The third kappa shape index (κ3) is 4.27. The molecule has 7 nitrogen and oxygen atoms in total. The second-order valence-electron chi connectivity index (χ2n) is 4.63. The van der Waals surface area contributed by atoms with Crippen LogP contribution in [0.15, 0.2) is 52.5 Å². The standard InChI is InChI=1S/C14H12ClN3O4S/c1-10-2-5-13(6-3-10)23(21,22)17-16-9-11-8-12(18(19)20)4-7-14(11)15/h2-9,17H,1H3/b16-9+. The summed E-state index contributed by atoms with van der Waals surface area (Å²) < 4.78 is 24.1. The van der Waals surface area contributed by atoms with Gasteiger partial charge < -0.3 is 0 Å². The molecule has 0 unspecified atom stereocenters. The summed E-state index contributed by atoms with van der Waals surface area (Å²) in [7, 11) is -3.81. The van der Waals surface area contributed by atoms with Crippen molar-refractivity contribution in [2.45, 2.75) is 11.8 Å². The molecule has 0 saturated carbocycles. The van der Waals surface area contributed by atoms with Gasteiger partial charge in [-0.05, 0) is 25.1 Å². The quantitative estimate of drug-likeness (QED) is 0.507. The molecule has 0 aliphatic rings. The first-order valence-electron chi connectivity index (χ1n) is 6.35. The molecule has 1 N–H and O–H groups in total. The van der Waals surface area contributed by atoms with Crippen molar-refractivity contribution in [2.24, 2.45) is 5.10 Å². The van der Waals surface area contributed by atoms with Crippen molar-refractivity contribution in [3.63, 3.8) is 0 Å². The molecule has 0 aromatic heterocycles. The minimum absolute atomic E-state index is 0.0605. The number of nitrogens with one attached hydrogen (secondary N) is 1. The van der Waals surface area contributed by atoms with E-state index >= 15 is 0 Å². The summed E-state index contributed by atoms with van der Waals surface area (Å²) in [6.07, 6.45) is 1.11. The number of nitro groups is 1. The molecule has 2 rings (SSSR count). The molecule has 2 aromatic rings. The van der Waals surface area contributed by atoms with Gasteiger partial charge in [-0.15, -0.1) is 0 Å². The van der Waals surface area contributed by atoms with E-state index in [0.717, 1.165) is 11.8 Å². The summed E-state index contributed by atoms with van der Waals surface area (Å²) in [5.74, 6) is 0. The van der Waals surface area contributed by atoms with Crippen LogP contribution >= 0.6 is 11.6 Å². The Kier molecular flexibility index (Phi) is 4.97. The average molecular weight is 354 g/mol. The van der Waals surface area contributed by atoms with Crippen molar-refractivity contribution in [3.05, 3.63) is 68.7 Å². The second kappa shape index (κ2) is 6.76. The first-order chi connectivity index (χ1) is 10.8. The summed E-state index contributed by atoms with van der Waals surface area (Å²) in [6, 6.07) is 10.0. The van der Waals surface area contributed by atoms with Crippen LogP contribution in [-0.4, -0.2) is 19.6 Å². The zero-order valence-corrected chi connectivity index (χ0v) is 13.5. The number of benzene rings is 2. The van der Waals surface area contributed by atoms with Crippen molar-refractivity contribution in [1.29, 1.82) is 0 Å². The fourth-order valence-corrected chi connectivity index (χ4v) is 2.64. The van der Waals surface area contributed by atoms with Crippen LogP contribution in [0.4, 0.5) is 5.69 Å².